The SMILES string of the molecule is COC(=O)C(N)C1C=CC=C(C(F)(F)F)C1. The van der Waals surface area contributed by atoms with Crippen LogP contribution < -0.4 is 5.73 Å². The molecule has 0 saturated heterocycles. The van der Waals surface area contributed by atoms with E-state index in [2.05, 4.69) is 4.74 Å². The van der Waals surface area contributed by atoms with Crippen LogP contribution in [0.4, 0.5) is 13.2 Å². The molecule has 2 N–H and O–H groups in total. The lowest BCUT2D eigenvalue weighted by Gasteiger charge is -2.23. The molecule has 0 aromatic heterocycles. The molecule has 2 atom stereocenters. The lowest BCUT2D eigenvalue weighted by Crippen LogP contribution is -2.39. The minimum atomic E-state index is -4.38. The minimum absolute atomic E-state index is 0.295. The predicted octanol–water partition coefficient (Wildman–Crippen LogP) is 1.55. The number of allylic oxidation sites excluding steroid dienone is 3. The van der Waals surface area contributed by atoms with Gasteiger partial charge in [-0.15, -0.1) is 0 Å². The molecular formula is C10H12F3NO2. The largest absolute Gasteiger partial charge is 0.468 e. The number of esters is 1. The standard InChI is InChI=1S/C10H12F3NO2/c1-16-9(15)8(14)6-3-2-4-7(5-6)10(11,12)13/h2-4,6,8H,5,14H2,1H3. The van der Waals surface area contributed by atoms with Crippen LogP contribution in [0.1, 0.15) is 6.42 Å². The third kappa shape index (κ3) is 2.85. The Morgan fingerprint density at radius 2 is 2.25 bits per heavy atom. The molecule has 0 aromatic rings. The summed E-state index contributed by atoms with van der Waals surface area (Å²) in [6, 6.07) is -1.06. The van der Waals surface area contributed by atoms with Gasteiger partial charge in [0.2, 0.25) is 0 Å². The van der Waals surface area contributed by atoms with Crippen molar-refractivity contribution in [3.05, 3.63) is 23.8 Å². The average molecular weight is 235 g/mol. The van der Waals surface area contributed by atoms with Crippen molar-refractivity contribution in [2.75, 3.05) is 7.11 Å². The zero-order chi connectivity index (χ0) is 12.3. The second-order valence-corrected chi connectivity index (χ2v) is 3.49. The van der Waals surface area contributed by atoms with E-state index in [1.807, 2.05) is 0 Å². The van der Waals surface area contributed by atoms with E-state index in [0.717, 1.165) is 13.2 Å². The van der Waals surface area contributed by atoms with Crippen LogP contribution in [-0.2, 0) is 9.53 Å². The molecule has 0 aliphatic heterocycles. The second kappa shape index (κ2) is 4.69. The van der Waals surface area contributed by atoms with Crippen molar-refractivity contribution < 1.29 is 22.7 Å². The van der Waals surface area contributed by atoms with Gasteiger partial charge in [0.1, 0.15) is 6.04 Å². The number of methoxy groups -OCH3 is 1. The zero-order valence-corrected chi connectivity index (χ0v) is 8.62. The fourth-order valence-electron chi connectivity index (χ4n) is 1.47. The molecule has 0 radical (unpaired) electrons. The minimum Gasteiger partial charge on any atom is -0.468 e. The van der Waals surface area contributed by atoms with Crippen LogP contribution in [0.3, 0.4) is 0 Å². The fraction of sp³-hybridized carbons (Fsp3) is 0.500. The topological polar surface area (TPSA) is 52.3 Å². The van der Waals surface area contributed by atoms with Gasteiger partial charge in [0.25, 0.3) is 0 Å². The van der Waals surface area contributed by atoms with Crippen LogP contribution in [-0.4, -0.2) is 25.3 Å². The molecule has 0 heterocycles. The molecule has 6 heteroatoms. The highest BCUT2D eigenvalue weighted by atomic mass is 19.4. The van der Waals surface area contributed by atoms with Gasteiger partial charge in [0, 0.05) is 11.5 Å². The third-order valence-electron chi connectivity index (χ3n) is 2.41. The number of carbonyl (C=O) groups excluding carboxylic acids is 1. The third-order valence-corrected chi connectivity index (χ3v) is 2.41. The van der Waals surface area contributed by atoms with Gasteiger partial charge in [-0.3, -0.25) is 4.79 Å². The summed E-state index contributed by atoms with van der Waals surface area (Å²) in [5, 5.41) is 0. The van der Waals surface area contributed by atoms with E-state index in [4.69, 9.17) is 5.73 Å². The van der Waals surface area contributed by atoms with Crippen molar-refractivity contribution in [1.82, 2.24) is 0 Å². The highest BCUT2D eigenvalue weighted by Crippen LogP contribution is 2.34. The Balaban J connectivity index is 2.74. The van der Waals surface area contributed by atoms with Crippen LogP contribution in [0, 0.1) is 5.92 Å². The van der Waals surface area contributed by atoms with Crippen molar-refractivity contribution in [1.29, 1.82) is 0 Å². The summed E-state index contributed by atoms with van der Waals surface area (Å²) in [6.45, 7) is 0. The van der Waals surface area contributed by atoms with Crippen molar-refractivity contribution in [2.45, 2.75) is 18.6 Å². The molecule has 1 aliphatic rings. The number of carbonyl (C=O) groups is 1. The molecule has 0 fully saturated rings. The van der Waals surface area contributed by atoms with E-state index in [1.54, 1.807) is 0 Å². The summed E-state index contributed by atoms with van der Waals surface area (Å²) in [5.41, 5.74) is 4.81. The van der Waals surface area contributed by atoms with E-state index in [0.29, 0.717) is 0 Å². The summed E-state index contributed by atoms with van der Waals surface area (Å²) in [7, 11) is 1.15. The van der Waals surface area contributed by atoms with Crippen LogP contribution >= 0.6 is 0 Å². The quantitative estimate of drug-likeness (QED) is 0.739. The van der Waals surface area contributed by atoms with E-state index in [-0.39, 0.29) is 6.42 Å². The van der Waals surface area contributed by atoms with Gasteiger partial charge in [-0.2, -0.15) is 13.2 Å². The Morgan fingerprint density at radius 3 is 2.75 bits per heavy atom. The molecule has 1 aliphatic carbocycles. The lowest BCUT2D eigenvalue weighted by atomic mass is 9.88. The van der Waals surface area contributed by atoms with Gasteiger partial charge in [-0.1, -0.05) is 18.2 Å². The molecule has 3 nitrogen and oxygen atoms in total. The Bertz CT molecular complexity index is 333. The molecule has 90 valence electrons. The van der Waals surface area contributed by atoms with Gasteiger partial charge < -0.3 is 10.5 Å². The Hall–Kier alpha value is -1.30. The summed E-state index contributed by atoms with van der Waals surface area (Å²) < 4.78 is 41.6. The highest BCUT2D eigenvalue weighted by molar-refractivity contribution is 5.76. The van der Waals surface area contributed by atoms with Crippen LogP contribution in [0.2, 0.25) is 0 Å². The molecule has 0 amide bonds. The number of hydrogen-bond acceptors (Lipinski definition) is 3. The summed E-state index contributed by atoms with van der Waals surface area (Å²) in [4.78, 5) is 11.1. The highest BCUT2D eigenvalue weighted by Gasteiger charge is 2.37. The maximum Gasteiger partial charge on any atom is 0.412 e. The zero-order valence-electron chi connectivity index (χ0n) is 8.62. The number of alkyl halides is 3. The molecule has 0 saturated carbocycles. The average Bonchev–Trinajstić information content (AvgIpc) is 2.26. The monoisotopic (exact) mass is 235 g/mol. The maximum atomic E-state index is 12.4. The van der Waals surface area contributed by atoms with Crippen molar-refractivity contribution in [3.8, 4) is 0 Å². The van der Waals surface area contributed by atoms with Crippen molar-refractivity contribution in [2.24, 2.45) is 11.7 Å². The van der Waals surface area contributed by atoms with Crippen LogP contribution in [0.15, 0.2) is 23.8 Å². The Morgan fingerprint density at radius 1 is 1.62 bits per heavy atom. The summed E-state index contributed by atoms with van der Waals surface area (Å²) >= 11 is 0. The van der Waals surface area contributed by atoms with E-state index < -0.39 is 29.7 Å². The number of ether oxygens (including phenoxy) is 1. The molecule has 0 spiro atoms. The first-order valence-electron chi connectivity index (χ1n) is 4.64. The van der Waals surface area contributed by atoms with E-state index >= 15 is 0 Å². The normalized spacial score (nSPS) is 22.6. The van der Waals surface area contributed by atoms with Gasteiger partial charge >= 0.3 is 12.1 Å². The molecule has 0 aromatic carbocycles. The molecular weight excluding hydrogens is 223 g/mol. The summed E-state index contributed by atoms with van der Waals surface area (Å²) in [5.74, 6) is -1.38. The molecule has 16 heavy (non-hydrogen) atoms. The number of halogens is 3. The first-order valence-corrected chi connectivity index (χ1v) is 4.64. The number of hydrogen-bond donors (Lipinski definition) is 1. The molecule has 1 rings (SSSR count). The van der Waals surface area contributed by atoms with E-state index in [9.17, 15) is 18.0 Å². The molecule has 0 bridgehead atoms. The predicted molar refractivity (Wildman–Crippen MR) is 51.4 cm³/mol. The molecule has 2 unspecified atom stereocenters. The van der Waals surface area contributed by atoms with Gasteiger partial charge in [-0.25, -0.2) is 0 Å². The van der Waals surface area contributed by atoms with Gasteiger partial charge in [-0.05, 0) is 6.42 Å². The van der Waals surface area contributed by atoms with Crippen molar-refractivity contribution >= 4 is 5.97 Å². The van der Waals surface area contributed by atoms with Gasteiger partial charge in [0.05, 0.1) is 7.11 Å². The maximum absolute atomic E-state index is 12.4. The smallest absolute Gasteiger partial charge is 0.412 e. The van der Waals surface area contributed by atoms with Gasteiger partial charge in [0.15, 0.2) is 0 Å². The lowest BCUT2D eigenvalue weighted by molar-refractivity contribution is -0.143. The fourth-order valence-corrected chi connectivity index (χ4v) is 1.47. The first-order chi connectivity index (χ1) is 7.36. The number of rotatable bonds is 2. The second-order valence-electron chi connectivity index (χ2n) is 3.49. The van der Waals surface area contributed by atoms with Crippen LogP contribution in [0.25, 0.3) is 0 Å². The Labute approximate surface area is 90.8 Å². The summed E-state index contributed by atoms with van der Waals surface area (Å²) in [6.07, 6.45) is -0.938. The van der Waals surface area contributed by atoms with Crippen molar-refractivity contribution in [3.63, 3.8) is 0 Å². The van der Waals surface area contributed by atoms with E-state index in [1.165, 1.54) is 12.2 Å². The first kappa shape index (κ1) is 12.8. The number of nitrogens with two attached hydrogens (primary N) is 1. The Kier molecular flexibility index (Phi) is 3.74. The van der Waals surface area contributed by atoms with Crippen LogP contribution in [0.5, 0.6) is 0 Å².